The Morgan fingerprint density at radius 2 is 1.59 bits per heavy atom. The molecule has 14 heteroatoms. The van der Waals surface area contributed by atoms with Gasteiger partial charge < -0.3 is 49.8 Å². The van der Waals surface area contributed by atoms with E-state index in [0.29, 0.717) is 19.0 Å². The minimum Gasteiger partial charge on any atom is -0.507 e. The van der Waals surface area contributed by atoms with Gasteiger partial charge in [0.2, 0.25) is 0 Å². The number of hydrogen-bond donors (Lipinski definition) is 6. The predicted octanol–water partition coefficient (Wildman–Crippen LogP) is 5.99. The first-order chi connectivity index (χ1) is 27.2. The Labute approximate surface area is 340 Å². The van der Waals surface area contributed by atoms with E-state index < -0.39 is 88.8 Å². The Kier molecular flexibility index (Phi) is 13.6. The van der Waals surface area contributed by atoms with Crippen LogP contribution in [0.25, 0.3) is 10.8 Å². The number of carbonyl (C=O) groups is 3. The fourth-order valence-corrected chi connectivity index (χ4v) is 8.38. The van der Waals surface area contributed by atoms with Gasteiger partial charge in [0.1, 0.15) is 23.4 Å². The molecule has 1 amide bonds. The number of likely N-dealkylation sites (tertiary alicyclic amines) is 1. The highest BCUT2D eigenvalue weighted by molar-refractivity contribution is 6.22. The number of aromatic hydroxyl groups is 3. The van der Waals surface area contributed by atoms with Crippen molar-refractivity contribution in [2.45, 2.75) is 112 Å². The number of phenols is 3. The summed E-state index contributed by atoms with van der Waals surface area (Å²) in [6.45, 7) is 16.3. The molecule has 1 fully saturated rings. The van der Waals surface area contributed by atoms with Crippen molar-refractivity contribution in [3.8, 4) is 23.0 Å². The zero-order valence-corrected chi connectivity index (χ0v) is 35.2. The van der Waals surface area contributed by atoms with Gasteiger partial charge >= 0.3 is 11.8 Å². The number of aliphatic hydroxyl groups is 2. The molecule has 4 aliphatic heterocycles. The minimum absolute atomic E-state index is 0.0499. The molecule has 0 aromatic heterocycles. The maximum atomic E-state index is 14.5. The molecule has 0 aliphatic carbocycles. The van der Waals surface area contributed by atoms with Crippen LogP contribution in [0.1, 0.15) is 89.7 Å². The number of methoxy groups -OCH3 is 1. The number of amides is 1. The van der Waals surface area contributed by atoms with E-state index in [1.807, 2.05) is 0 Å². The number of anilines is 1. The number of Topliss-reactive ketones (excluding diaryl/α,β-unsaturated/α-hetero) is 1. The van der Waals surface area contributed by atoms with Crippen molar-refractivity contribution in [2.75, 3.05) is 25.5 Å². The summed E-state index contributed by atoms with van der Waals surface area (Å²) in [5.74, 6) is -7.29. The Balaban J connectivity index is 1.70. The number of ether oxygens (including phenoxy) is 4. The van der Waals surface area contributed by atoms with Crippen molar-refractivity contribution in [1.82, 2.24) is 4.90 Å². The summed E-state index contributed by atoms with van der Waals surface area (Å²) in [5.41, 5.74) is 0.229. The van der Waals surface area contributed by atoms with Crippen molar-refractivity contribution in [3.05, 3.63) is 52.8 Å². The van der Waals surface area contributed by atoms with Gasteiger partial charge in [-0.1, -0.05) is 52.8 Å². The molecule has 4 aliphatic rings. The lowest BCUT2D eigenvalue weighted by Gasteiger charge is -2.38. The third-order valence-electron chi connectivity index (χ3n) is 12.4. The molecule has 5 bridgehead atoms. The number of nitrogens with zero attached hydrogens (tertiary/aromatic N) is 1. The summed E-state index contributed by atoms with van der Waals surface area (Å²) in [5, 5.41) is 61.0. The van der Waals surface area contributed by atoms with E-state index in [1.54, 1.807) is 46.8 Å². The number of benzene rings is 2. The number of allylic oxidation sites excluding steroid dienone is 2. The first-order valence-electron chi connectivity index (χ1n) is 20.0. The van der Waals surface area contributed by atoms with Crippen LogP contribution in [0, 0.1) is 36.5 Å². The molecule has 0 unspecified atom stereocenters. The number of esters is 1. The largest absolute Gasteiger partial charge is 0.507 e. The molecular weight excluding hydrogens is 748 g/mol. The van der Waals surface area contributed by atoms with E-state index >= 15 is 0 Å². The van der Waals surface area contributed by atoms with E-state index in [9.17, 15) is 39.9 Å². The molecule has 0 saturated carbocycles. The molecule has 9 atom stereocenters. The number of aliphatic hydroxyl groups excluding tert-OH is 2. The number of rotatable bonds is 4. The molecule has 1 saturated heterocycles. The van der Waals surface area contributed by atoms with E-state index in [2.05, 4.69) is 17.1 Å². The van der Waals surface area contributed by atoms with Crippen LogP contribution < -0.4 is 10.1 Å². The predicted molar refractivity (Wildman–Crippen MR) is 217 cm³/mol. The summed E-state index contributed by atoms with van der Waals surface area (Å²) in [7, 11) is 1.45. The maximum absolute atomic E-state index is 14.5. The van der Waals surface area contributed by atoms with Crippen LogP contribution in [0.3, 0.4) is 0 Å². The van der Waals surface area contributed by atoms with Crippen LogP contribution in [-0.4, -0.2) is 98.5 Å². The minimum atomic E-state index is -2.01. The number of carbonyl (C=O) groups excluding carboxylic acids is 3. The molecule has 318 valence electrons. The Morgan fingerprint density at radius 3 is 2.21 bits per heavy atom. The van der Waals surface area contributed by atoms with Crippen LogP contribution in [-0.2, 0) is 30.3 Å². The summed E-state index contributed by atoms with van der Waals surface area (Å²) < 4.78 is 23.7. The second-order valence-electron chi connectivity index (χ2n) is 16.6. The number of piperidine rings is 1. The number of fused-ring (bicyclic) bond motifs is 14. The van der Waals surface area contributed by atoms with Gasteiger partial charge in [0.15, 0.2) is 5.75 Å². The van der Waals surface area contributed by atoms with E-state index in [1.165, 1.54) is 46.3 Å². The fourth-order valence-electron chi connectivity index (χ4n) is 8.38. The average molecular weight is 809 g/mol. The van der Waals surface area contributed by atoms with Crippen LogP contribution >= 0.6 is 0 Å². The van der Waals surface area contributed by atoms with Crippen LogP contribution in [0.15, 0.2) is 36.1 Å². The monoisotopic (exact) mass is 808 g/mol. The van der Waals surface area contributed by atoms with Crippen LogP contribution in [0.4, 0.5) is 5.69 Å². The van der Waals surface area contributed by atoms with E-state index in [-0.39, 0.29) is 51.0 Å². The highest BCUT2D eigenvalue weighted by Crippen LogP contribution is 2.55. The van der Waals surface area contributed by atoms with Crippen molar-refractivity contribution in [3.63, 3.8) is 0 Å². The normalized spacial score (nSPS) is 32.6. The van der Waals surface area contributed by atoms with Crippen molar-refractivity contribution < 1.29 is 58.9 Å². The highest BCUT2D eigenvalue weighted by Gasteiger charge is 2.50. The molecular formula is C44H60N2O12. The third-order valence-corrected chi connectivity index (χ3v) is 12.4. The maximum Gasteiger partial charge on any atom is 0.312 e. The van der Waals surface area contributed by atoms with Crippen molar-refractivity contribution in [2.24, 2.45) is 29.6 Å². The SMILES string of the molecule is CO[C@H]1/C=C/O[C@@]2(C)Oc3c(C)c(O)c4c(O)c(c(CN5CCC(C)CC5)c(O)c4c3C2=O)NC(=O)/C(C)=C\C=C\[C@H](C)[C@H](O)[C@@H](C)[C@@H](O)[C@H](C)[C@H](OC(C)=O)[C@H]1C. The van der Waals surface area contributed by atoms with Crippen LogP contribution in [0.2, 0.25) is 0 Å². The zero-order valence-electron chi connectivity index (χ0n) is 35.2. The van der Waals surface area contributed by atoms with Gasteiger partial charge in [0.05, 0.1) is 41.2 Å². The third kappa shape index (κ3) is 8.56. The lowest BCUT2D eigenvalue weighted by Crippen LogP contribution is -2.46. The second-order valence-corrected chi connectivity index (χ2v) is 16.6. The summed E-state index contributed by atoms with van der Waals surface area (Å²) in [6.07, 6.45) is 5.56. The van der Waals surface area contributed by atoms with Crippen molar-refractivity contribution in [1.29, 1.82) is 0 Å². The smallest absolute Gasteiger partial charge is 0.312 e. The Hall–Kier alpha value is -4.63. The first-order valence-corrected chi connectivity index (χ1v) is 20.0. The van der Waals surface area contributed by atoms with Crippen molar-refractivity contribution >= 4 is 34.1 Å². The number of ketones is 1. The molecule has 58 heavy (non-hydrogen) atoms. The van der Waals surface area contributed by atoms with Gasteiger partial charge in [-0.25, -0.2) is 0 Å². The fraction of sp³-hybridized carbons (Fsp3) is 0.568. The summed E-state index contributed by atoms with van der Waals surface area (Å²) in [4.78, 5) is 42.7. The summed E-state index contributed by atoms with van der Waals surface area (Å²) >= 11 is 0. The Bertz CT molecular complexity index is 2000. The molecule has 4 heterocycles. The number of hydrogen-bond acceptors (Lipinski definition) is 13. The summed E-state index contributed by atoms with van der Waals surface area (Å²) in [6, 6.07) is 0. The van der Waals surface area contributed by atoms with Crippen LogP contribution in [0.5, 0.6) is 23.0 Å². The topological polar surface area (TPSA) is 205 Å². The van der Waals surface area contributed by atoms with Gasteiger partial charge in [-0.05, 0) is 51.8 Å². The molecule has 2 aromatic rings. The second kappa shape index (κ2) is 17.7. The lowest BCUT2D eigenvalue weighted by atomic mass is 9.78. The lowest BCUT2D eigenvalue weighted by molar-refractivity contribution is -0.160. The van der Waals surface area contributed by atoms with E-state index in [0.717, 1.165) is 12.8 Å². The van der Waals surface area contributed by atoms with Gasteiger partial charge in [0, 0.05) is 73.3 Å². The molecule has 2 aromatic carbocycles. The van der Waals surface area contributed by atoms with Gasteiger partial charge in [-0.3, -0.25) is 19.3 Å². The molecule has 14 nitrogen and oxygen atoms in total. The average Bonchev–Trinajstić information content (AvgIpc) is 3.45. The number of nitrogens with one attached hydrogen (secondary N) is 1. The molecule has 6 rings (SSSR count). The molecule has 0 spiro atoms. The van der Waals surface area contributed by atoms with Gasteiger partial charge in [-0.15, -0.1) is 0 Å². The Morgan fingerprint density at radius 1 is 0.931 bits per heavy atom. The quantitative estimate of drug-likeness (QED) is 0.120. The van der Waals surface area contributed by atoms with Gasteiger partial charge in [-0.2, -0.15) is 0 Å². The molecule has 6 N–H and O–H groups in total. The number of phenolic OH excluding ortho intramolecular Hbond substituents is 3. The van der Waals surface area contributed by atoms with E-state index in [4.69, 9.17) is 18.9 Å². The first kappa shape index (κ1) is 44.5. The zero-order chi connectivity index (χ0) is 43.0. The standard InChI is InChI=1S/C44H60N2O12/c1-21-14-17-46(18-15-21)20-29-34-39(52)32-31(38(29)51)33-41(27(7)37(32)50)58-44(9,42(33)53)56-19-16-30(55-10)24(4)40(57-28(8)47)26(6)36(49)25(5)35(48)22(2)12-11-13-23(3)43(54)45-34/h11-13,16,19,21-22,24-26,30,35-36,40,48-52H,14-15,17-18,20H2,1-10H3,(H,45,54)/b12-11+,19-16+,23-13-/t22-,24-,25+,26-,30-,35-,36+,40+,44-/m0/s1. The highest BCUT2D eigenvalue weighted by atomic mass is 16.7. The molecule has 0 radical (unpaired) electrons. The van der Waals surface area contributed by atoms with Gasteiger partial charge in [0.25, 0.3) is 11.7 Å².